The van der Waals surface area contributed by atoms with E-state index in [-0.39, 0.29) is 5.78 Å². The second-order valence-electron chi connectivity index (χ2n) is 2.30. The first-order valence-electron chi connectivity index (χ1n) is 3.77. The van der Waals surface area contributed by atoms with Crippen LogP contribution in [0.1, 0.15) is 26.7 Å². The van der Waals surface area contributed by atoms with Gasteiger partial charge in [-0.1, -0.05) is 13.8 Å². The molecule has 0 amide bonds. The topological polar surface area (TPSA) is 43.4 Å². The van der Waals surface area contributed by atoms with Gasteiger partial charge in [0.25, 0.3) is 0 Å². The third-order valence-electron chi connectivity index (χ3n) is 1.63. The van der Waals surface area contributed by atoms with Crippen LogP contribution in [0, 0.1) is 5.92 Å². The molecule has 0 bridgehead atoms. The zero-order valence-corrected chi connectivity index (χ0v) is 7.22. The van der Waals surface area contributed by atoms with Crippen molar-refractivity contribution in [3.63, 3.8) is 0 Å². The first-order chi connectivity index (χ1) is 5.17. The standard InChI is InChI=1S/C8H14O3/c1-4-6(7(9)5-2)8(10)11-3/h6H,4-5H2,1-3H3/t6-/m0/s1. The molecule has 11 heavy (non-hydrogen) atoms. The van der Waals surface area contributed by atoms with E-state index in [0.29, 0.717) is 12.8 Å². The van der Waals surface area contributed by atoms with Crippen LogP contribution in [0.15, 0.2) is 0 Å². The van der Waals surface area contributed by atoms with Crippen LogP contribution >= 0.6 is 0 Å². The molecule has 0 unspecified atom stereocenters. The first-order valence-corrected chi connectivity index (χ1v) is 3.77. The molecule has 0 saturated carbocycles. The Bertz CT molecular complexity index is 135. The summed E-state index contributed by atoms with van der Waals surface area (Å²) >= 11 is 0. The van der Waals surface area contributed by atoms with Crippen LogP contribution in [0.4, 0.5) is 0 Å². The number of ether oxygens (including phenoxy) is 1. The van der Waals surface area contributed by atoms with Crippen molar-refractivity contribution < 1.29 is 14.3 Å². The maximum absolute atomic E-state index is 11.0. The van der Waals surface area contributed by atoms with Crippen molar-refractivity contribution in [1.82, 2.24) is 0 Å². The van der Waals surface area contributed by atoms with Crippen molar-refractivity contribution in [1.29, 1.82) is 0 Å². The maximum Gasteiger partial charge on any atom is 0.316 e. The molecule has 3 heteroatoms. The fourth-order valence-corrected chi connectivity index (χ4v) is 0.914. The molecular weight excluding hydrogens is 144 g/mol. The van der Waals surface area contributed by atoms with Gasteiger partial charge in [0, 0.05) is 6.42 Å². The minimum atomic E-state index is -0.551. The van der Waals surface area contributed by atoms with Gasteiger partial charge in [0.15, 0.2) is 0 Å². The monoisotopic (exact) mass is 158 g/mol. The van der Waals surface area contributed by atoms with E-state index in [1.807, 2.05) is 0 Å². The summed E-state index contributed by atoms with van der Waals surface area (Å²) in [6.45, 7) is 3.54. The molecule has 0 aliphatic carbocycles. The normalized spacial score (nSPS) is 12.3. The Morgan fingerprint density at radius 1 is 1.36 bits per heavy atom. The first kappa shape index (κ1) is 10.1. The number of carbonyl (C=O) groups excluding carboxylic acids is 2. The van der Waals surface area contributed by atoms with Crippen molar-refractivity contribution in [3.05, 3.63) is 0 Å². The molecule has 0 N–H and O–H groups in total. The lowest BCUT2D eigenvalue weighted by molar-refractivity contribution is -0.149. The molecule has 0 aromatic rings. The summed E-state index contributed by atoms with van der Waals surface area (Å²) < 4.78 is 4.47. The summed E-state index contributed by atoms with van der Waals surface area (Å²) in [5.74, 6) is -1.01. The van der Waals surface area contributed by atoms with Gasteiger partial charge >= 0.3 is 5.97 Å². The van der Waals surface area contributed by atoms with Crippen molar-refractivity contribution in [2.45, 2.75) is 26.7 Å². The lowest BCUT2D eigenvalue weighted by Crippen LogP contribution is -2.23. The summed E-state index contributed by atoms with van der Waals surface area (Å²) in [7, 11) is 1.30. The molecule has 3 nitrogen and oxygen atoms in total. The number of Topliss-reactive ketones (excluding diaryl/α,β-unsaturated/α-hetero) is 1. The third-order valence-corrected chi connectivity index (χ3v) is 1.63. The highest BCUT2D eigenvalue weighted by Crippen LogP contribution is 2.08. The number of hydrogen-bond acceptors (Lipinski definition) is 3. The van der Waals surface area contributed by atoms with E-state index in [2.05, 4.69) is 4.74 Å². The van der Waals surface area contributed by atoms with E-state index in [1.165, 1.54) is 7.11 Å². The predicted molar refractivity (Wildman–Crippen MR) is 41.1 cm³/mol. The van der Waals surface area contributed by atoms with Crippen LogP contribution in [0.25, 0.3) is 0 Å². The minimum Gasteiger partial charge on any atom is -0.468 e. The summed E-state index contributed by atoms with van der Waals surface area (Å²) in [6.07, 6.45) is 0.924. The number of esters is 1. The van der Waals surface area contributed by atoms with Gasteiger partial charge in [0.05, 0.1) is 7.11 Å². The SMILES string of the molecule is CCC(=O)[C@H](CC)C(=O)OC. The van der Waals surface area contributed by atoms with Crippen LogP contribution in [-0.2, 0) is 14.3 Å². The molecule has 0 saturated heterocycles. The summed E-state index contributed by atoms with van der Waals surface area (Å²) in [5, 5.41) is 0. The van der Waals surface area contributed by atoms with Crippen LogP contribution in [-0.4, -0.2) is 18.9 Å². The zero-order chi connectivity index (χ0) is 8.85. The molecular formula is C8H14O3. The number of methoxy groups -OCH3 is 1. The Morgan fingerprint density at radius 3 is 2.18 bits per heavy atom. The Labute approximate surface area is 66.7 Å². The van der Waals surface area contributed by atoms with Crippen molar-refractivity contribution in [3.8, 4) is 0 Å². The highest BCUT2D eigenvalue weighted by molar-refractivity contribution is 5.98. The van der Waals surface area contributed by atoms with Gasteiger partial charge in [-0.25, -0.2) is 0 Å². The largest absolute Gasteiger partial charge is 0.468 e. The fourth-order valence-electron chi connectivity index (χ4n) is 0.914. The molecule has 0 rings (SSSR count). The van der Waals surface area contributed by atoms with E-state index in [9.17, 15) is 9.59 Å². The number of carbonyl (C=O) groups is 2. The molecule has 0 aliphatic heterocycles. The van der Waals surface area contributed by atoms with Crippen LogP contribution in [0.5, 0.6) is 0 Å². The van der Waals surface area contributed by atoms with Gasteiger partial charge in [-0.3, -0.25) is 9.59 Å². The zero-order valence-electron chi connectivity index (χ0n) is 7.22. The number of hydrogen-bond donors (Lipinski definition) is 0. The quantitative estimate of drug-likeness (QED) is 0.455. The fraction of sp³-hybridized carbons (Fsp3) is 0.750. The molecule has 64 valence electrons. The molecule has 0 aromatic heterocycles. The average Bonchev–Trinajstić information content (AvgIpc) is 2.05. The highest BCUT2D eigenvalue weighted by atomic mass is 16.5. The predicted octanol–water partition coefficient (Wildman–Crippen LogP) is 1.16. The van der Waals surface area contributed by atoms with Crippen molar-refractivity contribution in [2.75, 3.05) is 7.11 Å². The molecule has 0 heterocycles. The van der Waals surface area contributed by atoms with Gasteiger partial charge in [-0.05, 0) is 6.42 Å². The molecule has 0 aliphatic rings. The van der Waals surface area contributed by atoms with E-state index in [0.717, 1.165) is 0 Å². The lowest BCUT2D eigenvalue weighted by Gasteiger charge is -2.08. The number of rotatable bonds is 4. The van der Waals surface area contributed by atoms with E-state index in [1.54, 1.807) is 13.8 Å². The Kier molecular flexibility index (Phi) is 4.50. The van der Waals surface area contributed by atoms with Gasteiger partial charge in [-0.2, -0.15) is 0 Å². The maximum atomic E-state index is 11.0. The summed E-state index contributed by atoms with van der Waals surface area (Å²) in [6, 6.07) is 0. The smallest absolute Gasteiger partial charge is 0.316 e. The van der Waals surface area contributed by atoms with Gasteiger partial charge in [0.2, 0.25) is 0 Å². The second-order valence-corrected chi connectivity index (χ2v) is 2.30. The van der Waals surface area contributed by atoms with Crippen LogP contribution in [0.3, 0.4) is 0 Å². The summed E-state index contributed by atoms with van der Waals surface area (Å²) in [4.78, 5) is 21.9. The molecule has 0 aromatic carbocycles. The van der Waals surface area contributed by atoms with E-state index < -0.39 is 11.9 Å². The second kappa shape index (κ2) is 4.88. The molecule has 0 radical (unpaired) electrons. The Hall–Kier alpha value is -0.860. The molecule has 1 atom stereocenters. The third kappa shape index (κ3) is 2.70. The van der Waals surface area contributed by atoms with Crippen LogP contribution in [0.2, 0.25) is 0 Å². The number of ketones is 1. The van der Waals surface area contributed by atoms with E-state index in [4.69, 9.17) is 0 Å². The van der Waals surface area contributed by atoms with Gasteiger partial charge in [0.1, 0.15) is 11.7 Å². The van der Waals surface area contributed by atoms with Gasteiger partial charge < -0.3 is 4.74 Å². The minimum absolute atomic E-state index is 0.0423. The van der Waals surface area contributed by atoms with Gasteiger partial charge in [-0.15, -0.1) is 0 Å². The summed E-state index contributed by atoms with van der Waals surface area (Å²) in [5.41, 5.74) is 0. The molecule has 0 spiro atoms. The van der Waals surface area contributed by atoms with Crippen molar-refractivity contribution >= 4 is 11.8 Å². The Morgan fingerprint density at radius 2 is 1.91 bits per heavy atom. The van der Waals surface area contributed by atoms with Crippen molar-refractivity contribution in [2.24, 2.45) is 5.92 Å². The van der Waals surface area contributed by atoms with E-state index >= 15 is 0 Å². The highest BCUT2D eigenvalue weighted by Gasteiger charge is 2.23. The lowest BCUT2D eigenvalue weighted by atomic mass is 10.00. The Balaban J connectivity index is 4.15. The molecule has 0 fully saturated rings. The van der Waals surface area contributed by atoms with Crippen LogP contribution < -0.4 is 0 Å². The average molecular weight is 158 g/mol.